The maximum Gasteiger partial charge on any atom is 0.261 e. The molecule has 0 radical (unpaired) electrons. The number of benzene rings is 2. The second-order valence-electron chi connectivity index (χ2n) is 7.16. The van der Waals surface area contributed by atoms with Gasteiger partial charge in [0.1, 0.15) is 0 Å². The molecule has 0 saturated heterocycles. The third-order valence-electron chi connectivity index (χ3n) is 4.36. The molecule has 2 rings (SSSR count). The van der Waals surface area contributed by atoms with Crippen LogP contribution in [0.2, 0.25) is 5.04 Å². The van der Waals surface area contributed by atoms with Gasteiger partial charge in [-0.05, 0) is 22.3 Å². The van der Waals surface area contributed by atoms with E-state index in [1.54, 1.807) is 0 Å². The molecule has 0 heterocycles. The predicted molar refractivity (Wildman–Crippen MR) is 108 cm³/mol. The van der Waals surface area contributed by atoms with E-state index < -0.39 is 8.32 Å². The van der Waals surface area contributed by atoms with Crippen LogP contribution in [0.3, 0.4) is 0 Å². The monoisotopic (exact) mass is 358 g/mol. The molecule has 0 amide bonds. The van der Waals surface area contributed by atoms with Gasteiger partial charge in [-0.2, -0.15) is 0 Å². The molecule has 0 spiro atoms. The fraction of sp³-hybridized carbons (Fsp3) is 0.333. The summed E-state index contributed by atoms with van der Waals surface area (Å²) in [6, 6.07) is 21.4. The van der Waals surface area contributed by atoms with Crippen LogP contribution in [0, 0.1) is 0 Å². The molecule has 0 aliphatic heterocycles. The Morgan fingerprint density at radius 2 is 1.42 bits per heavy atom. The van der Waals surface area contributed by atoms with Crippen LogP contribution >= 0.6 is 11.6 Å². The van der Waals surface area contributed by atoms with E-state index in [1.807, 2.05) is 6.08 Å². The standard InChI is InChI=1S/C21H27ClOSi/c1-18(15-16-22)17-23-24(21(2,3)4,19-11-7-5-8-12-19)20-13-9-6-10-14-20/h5-15H,16-17H2,1-4H3/b18-15+. The van der Waals surface area contributed by atoms with Crippen molar-refractivity contribution in [3.63, 3.8) is 0 Å². The van der Waals surface area contributed by atoms with Crippen LogP contribution in [0.25, 0.3) is 0 Å². The Kier molecular flexibility index (Phi) is 6.45. The minimum absolute atomic E-state index is 0.0109. The van der Waals surface area contributed by atoms with Crippen LogP contribution in [0.5, 0.6) is 0 Å². The average molecular weight is 359 g/mol. The zero-order valence-electron chi connectivity index (χ0n) is 15.1. The molecule has 24 heavy (non-hydrogen) atoms. The van der Waals surface area contributed by atoms with Gasteiger partial charge in [0.2, 0.25) is 0 Å². The topological polar surface area (TPSA) is 9.23 Å². The number of alkyl halides is 1. The Morgan fingerprint density at radius 3 is 1.79 bits per heavy atom. The molecule has 128 valence electrons. The maximum absolute atomic E-state index is 6.79. The van der Waals surface area contributed by atoms with Crippen LogP contribution in [-0.2, 0) is 4.43 Å². The molecule has 0 bridgehead atoms. The molecular weight excluding hydrogens is 332 g/mol. The Morgan fingerprint density at radius 1 is 0.958 bits per heavy atom. The molecule has 0 N–H and O–H groups in total. The molecule has 0 aliphatic rings. The number of halogens is 1. The lowest BCUT2D eigenvalue weighted by Gasteiger charge is -2.43. The van der Waals surface area contributed by atoms with Gasteiger partial charge in [-0.15, -0.1) is 11.6 Å². The first-order chi connectivity index (χ1) is 11.4. The van der Waals surface area contributed by atoms with Crippen molar-refractivity contribution in [1.29, 1.82) is 0 Å². The minimum atomic E-state index is -2.43. The summed E-state index contributed by atoms with van der Waals surface area (Å²) in [6.07, 6.45) is 2.03. The third-order valence-corrected chi connectivity index (χ3v) is 9.50. The molecule has 3 heteroatoms. The molecule has 0 fully saturated rings. The van der Waals surface area contributed by atoms with Crippen molar-refractivity contribution in [3.05, 3.63) is 72.3 Å². The van der Waals surface area contributed by atoms with E-state index in [2.05, 4.69) is 88.4 Å². The highest BCUT2D eigenvalue weighted by atomic mass is 35.5. The van der Waals surface area contributed by atoms with E-state index in [4.69, 9.17) is 16.0 Å². The van der Waals surface area contributed by atoms with Crippen LogP contribution < -0.4 is 10.4 Å². The van der Waals surface area contributed by atoms with Crippen molar-refractivity contribution in [3.8, 4) is 0 Å². The van der Waals surface area contributed by atoms with Gasteiger partial charge in [0, 0.05) is 5.88 Å². The van der Waals surface area contributed by atoms with Crippen molar-refractivity contribution in [2.24, 2.45) is 0 Å². The molecule has 2 aromatic carbocycles. The third kappa shape index (κ3) is 4.00. The van der Waals surface area contributed by atoms with Crippen molar-refractivity contribution in [2.45, 2.75) is 32.7 Å². The Labute approximate surface area is 152 Å². The Balaban J connectivity index is 2.59. The van der Waals surface area contributed by atoms with Crippen LogP contribution in [-0.4, -0.2) is 20.8 Å². The second-order valence-corrected chi connectivity index (χ2v) is 11.8. The van der Waals surface area contributed by atoms with Gasteiger partial charge in [-0.1, -0.05) is 93.1 Å². The summed E-state index contributed by atoms with van der Waals surface area (Å²) in [5.41, 5.74) is 1.18. The van der Waals surface area contributed by atoms with E-state index in [0.717, 1.165) is 0 Å². The van der Waals surface area contributed by atoms with Crippen LogP contribution in [0.15, 0.2) is 72.3 Å². The first-order valence-corrected chi connectivity index (χ1v) is 10.8. The smallest absolute Gasteiger partial charge is 0.261 e. The lowest BCUT2D eigenvalue weighted by molar-refractivity contribution is 0.329. The highest BCUT2D eigenvalue weighted by Gasteiger charge is 2.50. The summed E-state index contributed by atoms with van der Waals surface area (Å²) >= 11 is 5.85. The fourth-order valence-corrected chi connectivity index (χ4v) is 8.04. The quantitative estimate of drug-likeness (QED) is 0.411. The lowest BCUT2D eigenvalue weighted by atomic mass is 10.2. The van der Waals surface area contributed by atoms with Gasteiger partial charge in [-0.3, -0.25) is 0 Å². The predicted octanol–water partition coefficient (Wildman–Crippen LogP) is 4.75. The Hall–Kier alpha value is -1.35. The van der Waals surface area contributed by atoms with E-state index in [1.165, 1.54) is 15.9 Å². The molecule has 0 aromatic heterocycles. The molecule has 1 nitrogen and oxygen atoms in total. The molecule has 0 atom stereocenters. The zero-order valence-corrected chi connectivity index (χ0v) is 16.8. The first-order valence-electron chi connectivity index (χ1n) is 8.38. The summed E-state index contributed by atoms with van der Waals surface area (Å²) < 4.78 is 6.79. The van der Waals surface area contributed by atoms with Crippen LogP contribution in [0.4, 0.5) is 0 Å². The number of allylic oxidation sites excluding steroid dienone is 1. The fourth-order valence-electron chi connectivity index (χ4n) is 3.17. The lowest BCUT2D eigenvalue weighted by Crippen LogP contribution is -2.66. The molecular formula is C21H27ClOSi. The van der Waals surface area contributed by atoms with E-state index in [9.17, 15) is 0 Å². The normalized spacial score (nSPS) is 13.1. The van der Waals surface area contributed by atoms with Crippen LogP contribution in [0.1, 0.15) is 27.7 Å². The van der Waals surface area contributed by atoms with Crippen molar-refractivity contribution in [2.75, 3.05) is 12.5 Å². The number of hydrogen-bond donors (Lipinski definition) is 0. The summed E-state index contributed by atoms with van der Waals surface area (Å²) in [5.74, 6) is 0.524. The van der Waals surface area contributed by atoms with Crippen molar-refractivity contribution >= 4 is 30.3 Å². The van der Waals surface area contributed by atoms with Crippen molar-refractivity contribution in [1.82, 2.24) is 0 Å². The molecule has 0 unspecified atom stereocenters. The Bertz CT molecular complexity index is 620. The van der Waals surface area contributed by atoms with Gasteiger partial charge >= 0.3 is 0 Å². The van der Waals surface area contributed by atoms with Crippen molar-refractivity contribution < 1.29 is 4.43 Å². The molecule has 2 aromatic rings. The maximum atomic E-state index is 6.79. The first kappa shape index (κ1) is 19.0. The number of hydrogen-bond acceptors (Lipinski definition) is 1. The van der Waals surface area contributed by atoms with Gasteiger partial charge in [0.15, 0.2) is 0 Å². The van der Waals surface area contributed by atoms with Gasteiger partial charge in [-0.25, -0.2) is 0 Å². The van der Waals surface area contributed by atoms with E-state index in [0.29, 0.717) is 12.5 Å². The minimum Gasteiger partial charge on any atom is -0.403 e. The largest absolute Gasteiger partial charge is 0.403 e. The number of rotatable bonds is 6. The van der Waals surface area contributed by atoms with Gasteiger partial charge < -0.3 is 4.43 Å². The zero-order chi connectivity index (χ0) is 17.6. The molecule has 0 aliphatic carbocycles. The van der Waals surface area contributed by atoms with E-state index >= 15 is 0 Å². The summed E-state index contributed by atoms with van der Waals surface area (Å²) in [7, 11) is -2.43. The highest BCUT2D eigenvalue weighted by molar-refractivity contribution is 6.99. The molecule has 0 saturated carbocycles. The average Bonchev–Trinajstić information content (AvgIpc) is 2.56. The van der Waals surface area contributed by atoms with E-state index in [-0.39, 0.29) is 5.04 Å². The summed E-state index contributed by atoms with van der Waals surface area (Å²) in [4.78, 5) is 0. The summed E-state index contributed by atoms with van der Waals surface area (Å²) in [6.45, 7) is 9.57. The summed E-state index contributed by atoms with van der Waals surface area (Å²) in [5, 5.41) is 2.63. The van der Waals surface area contributed by atoms with Gasteiger partial charge in [0.05, 0.1) is 6.61 Å². The SMILES string of the molecule is C/C(=C\CCl)CO[Si](c1ccccc1)(c1ccccc1)C(C)(C)C. The van der Waals surface area contributed by atoms with Gasteiger partial charge in [0.25, 0.3) is 8.32 Å². The second kappa shape index (κ2) is 8.15. The highest BCUT2D eigenvalue weighted by Crippen LogP contribution is 2.36.